The molecule has 6 heteroatoms. The van der Waals surface area contributed by atoms with Gasteiger partial charge in [-0.1, -0.05) is 29.5 Å². The van der Waals surface area contributed by atoms with Crippen molar-refractivity contribution in [2.24, 2.45) is 0 Å². The second-order valence-electron chi connectivity index (χ2n) is 6.11. The van der Waals surface area contributed by atoms with Crippen molar-refractivity contribution >= 4 is 11.8 Å². The smallest absolute Gasteiger partial charge is 0.277 e. The van der Waals surface area contributed by atoms with Crippen LogP contribution in [0.25, 0.3) is 11.5 Å². The zero-order valence-electron chi connectivity index (χ0n) is 15.6. The van der Waals surface area contributed by atoms with E-state index in [1.54, 1.807) is 26.0 Å². The molecule has 0 atom stereocenters. The molecule has 1 heterocycles. The minimum absolute atomic E-state index is 0.464. The third kappa shape index (κ3) is 3.85. The molecule has 0 spiro atoms. The van der Waals surface area contributed by atoms with Crippen LogP contribution in [0.1, 0.15) is 22.3 Å². The summed E-state index contributed by atoms with van der Waals surface area (Å²) in [5.41, 5.74) is 5.96. The first kappa shape index (κ1) is 18.3. The molecule has 0 radical (unpaired) electrons. The van der Waals surface area contributed by atoms with Gasteiger partial charge in [0.2, 0.25) is 5.89 Å². The van der Waals surface area contributed by atoms with E-state index >= 15 is 0 Å². The third-order valence-corrected chi connectivity index (χ3v) is 5.06. The number of hydrogen-bond donors (Lipinski definition) is 0. The second-order valence-corrected chi connectivity index (χ2v) is 7.04. The SMILES string of the molecule is COc1ccc(-c2nnc(SCc3c(C)cc(C)cc3C)o2)cc1OC. The van der Waals surface area contributed by atoms with Gasteiger partial charge in [-0.3, -0.25) is 0 Å². The molecule has 3 aromatic rings. The average Bonchev–Trinajstić information content (AvgIpc) is 3.09. The summed E-state index contributed by atoms with van der Waals surface area (Å²) in [6.07, 6.45) is 0. The first-order chi connectivity index (χ1) is 12.5. The molecule has 2 aromatic carbocycles. The number of methoxy groups -OCH3 is 2. The Balaban J connectivity index is 1.77. The molecule has 5 nitrogen and oxygen atoms in total. The molecule has 0 saturated carbocycles. The number of benzene rings is 2. The van der Waals surface area contributed by atoms with Crippen LogP contribution in [0.5, 0.6) is 11.5 Å². The Labute approximate surface area is 157 Å². The van der Waals surface area contributed by atoms with Crippen molar-refractivity contribution in [3.05, 3.63) is 52.6 Å². The number of ether oxygens (including phenoxy) is 2. The Hall–Kier alpha value is -2.47. The van der Waals surface area contributed by atoms with E-state index < -0.39 is 0 Å². The van der Waals surface area contributed by atoms with Crippen molar-refractivity contribution in [1.82, 2.24) is 10.2 Å². The molecule has 0 aliphatic carbocycles. The van der Waals surface area contributed by atoms with Crippen molar-refractivity contribution in [1.29, 1.82) is 0 Å². The van der Waals surface area contributed by atoms with E-state index in [-0.39, 0.29) is 0 Å². The summed E-state index contributed by atoms with van der Waals surface area (Å²) >= 11 is 1.54. The predicted molar refractivity (Wildman–Crippen MR) is 103 cm³/mol. The van der Waals surface area contributed by atoms with Crippen molar-refractivity contribution < 1.29 is 13.9 Å². The Morgan fingerprint density at radius 2 is 1.62 bits per heavy atom. The fraction of sp³-hybridized carbons (Fsp3) is 0.300. The molecule has 0 N–H and O–H groups in total. The summed E-state index contributed by atoms with van der Waals surface area (Å²) in [6.45, 7) is 6.39. The van der Waals surface area contributed by atoms with Crippen LogP contribution in [0, 0.1) is 20.8 Å². The third-order valence-electron chi connectivity index (χ3n) is 4.22. The first-order valence-electron chi connectivity index (χ1n) is 8.27. The van der Waals surface area contributed by atoms with Crippen LogP contribution in [0.15, 0.2) is 40.0 Å². The number of thioether (sulfide) groups is 1. The number of aromatic nitrogens is 2. The molecule has 136 valence electrons. The summed E-state index contributed by atoms with van der Waals surface area (Å²) in [5.74, 6) is 2.55. The highest BCUT2D eigenvalue weighted by Crippen LogP contribution is 2.33. The van der Waals surface area contributed by atoms with Gasteiger partial charge in [0.25, 0.3) is 5.22 Å². The minimum atomic E-state index is 0.464. The van der Waals surface area contributed by atoms with Crippen LogP contribution in [0.3, 0.4) is 0 Å². The summed E-state index contributed by atoms with van der Waals surface area (Å²) < 4.78 is 16.4. The highest BCUT2D eigenvalue weighted by molar-refractivity contribution is 7.98. The molecule has 0 unspecified atom stereocenters. The topological polar surface area (TPSA) is 57.4 Å². The van der Waals surface area contributed by atoms with Gasteiger partial charge in [0, 0.05) is 11.3 Å². The quantitative estimate of drug-likeness (QED) is 0.571. The molecule has 1 aromatic heterocycles. The molecular formula is C20H22N2O3S. The zero-order chi connectivity index (χ0) is 18.7. The van der Waals surface area contributed by atoms with Gasteiger partial charge in [0.15, 0.2) is 11.5 Å². The van der Waals surface area contributed by atoms with Crippen LogP contribution < -0.4 is 9.47 Å². The van der Waals surface area contributed by atoms with E-state index in [0.29, 0.717) is 22.6 Å². The van der Waals surface area contributed by atoms with Crippen molar-refractivity contribution in [3.63, 3.8) is 0 Å². The number of hydrogen-bond acceptors (Lipinski definition) is 6. The van der Waals surface area contributed by atoms with Gasteiger partial charge in [-0.05, 0) is 55.7 Å². The molecule has 0 bridgehead atoms. The maximum absolute atomic E-state index is 5.81. The summed E-state index contributed by atoms with van der Waals surface area (Å²) in [4.78, 5) is 0. The van der Waals surface area contributed by atoms with E-state index in [1.807, 2.05) is 18.2 Å². The lowest BCUT2D eigenvalue weighted by atomic mass is 10.0. The Morgan fingerprint density at radius 1 is 0.923 bits per heavy atom. The van der Waals surface area contributed by atoms with E-state index in [9.17, 15) is 0 Å². The summed E-state index contributed by atoms with van der Waals surface area (Å²) in [5, 5.41) is 8.86. The van der Waals surface area contributed by atoms with Crippen LogP contribution >= 0.6 is 11.8 Å². The lowest BCUT2D eigenvalue weighted by Crippen LogP contribution is -1.93. The molecule has 0 saturated heterocycles. The first-order valence-corrected chi connectivity index (χ1v) is 9.25. The van der Waals surface area contributed by atoms with Gasteiger partial charge in [-0.25, -0.2) is 0 Å². The summed E-state index contributed by atoms with van der Waals surface area (Å²) in [7, 11) is 3.21. The van der Waals surface area contributed by atoms with Gasteiger partial charge in [-0.15, -0.1) is 10.2 Å². The molecule has 0 aliphatic heterocycles. The van der Waals surface area contributed by atoms with Crippen LogP contribution in [0.2, 0.25) is 0 Å². The van der Waals surface area contributed by atoms with Crippen molar-refractivity contribution in [2.45, 2.75) is 31.7 Å². The van der Waals surface area contributed by atoms with Crippen LogP contribution in [-0.2, 0) is 5.75 Å². The van der Waals surface area contributed by atoms with Crippen LogP contribution in [0.4, 0.5) is 0 Å². The van der Waals surface area contributed by atoms with E-state index in [1.165, 1.54) is 22.3 Å². The normalized spacial score (nSPS) is 10.8. The fourth-order valence-electron chi connectivity index (χ4n) is 2.93. The Kier molecular flexibility index (Phi) is 5.52. The lowest BCUT2D eigenvalue weighted by Gasteiger charge is -2.09. The average molecular weight is 370 g/mol. The number of aryl methyl sites for hydroxylation is 3. The fourth-order valence-corrected chi connectivity index (χ4v) is 3.89. The zero-order valence-corrected chi connectivity index (χ0v) is 16.4. The van der Waals surface area contributed by atoms with Gasteiger partial charge in [0.05, 0.1) is 14.2 Å². The maximum Gasteiger partial charge on any atom is 0.277 e. The number of rotatable bonds is 6. The molecule has 0 amide bonds. The molecule has 0 fully saturated rings. The summed E-state index contributed by atoms with van der Waals surface area (Å²) in [6, 6.07) is 9.92. The Bertz CT molecular complexity index is 898. The molecular weight excluding hydrogens is 348 g/mol. The monoisotopic (exact) mass is 370 g/mol. The molecule has 26 heavy (non-hydrogen) atoms. The van der Waals surface area contributed by atoms with Gasteiger partial charge < -0.3 is 13.9 Å². The standard InChI is InChI=1S/C20H22N2O3S/c1-12-8-13(2)16(14(3)9-12)11-26-20-22-21-19(25-20)15-6-7-17(23-4)18(10-15)24-5/h6-10H,11H2,1-5H3. The minimum Gasteiger partial charge on any atom is -0.493 e. The van der Waals surface area contributed by atoms with Gasteiger partial charge >= 0.3 is 0 Å². The lowest BCUT2D eigenvalue weighted by molar-refractivity contribution is 0.355. The van der Waals surface area contributed by atoms with E-state index in [0.717, 1.165) is 11.3 Å². The second kappa shape index (κ2) is 7.83. The van der Waals surface area contributed by atoms with Crippen molar-refractivity contribution in [3.8, 4) is 23.0 Å². The largest absolute Gasteiger partial charge is 0.493 e. The highest BCUT2D eigenvalue weighted by atomic mass is 32.2. The number of nitrogens with zero attached hydrogens (tertiary/aromatic N) is 2. The predicted octanol–water partition coefficient (Wildman–Crippen LogP) is 4.97. The maximum atomic E-state index is 5.81. The van der Waals surface area contributed by atoms with Gasteiger partial charge in [-0.2, -0.15) is 0 Å². The molecule has 0 aliphatic rings. The highest BCUT2D eigenvalue weighted by Gasteiger charge is 2.13. The van der Waals surface area contributed by atoms with Gasteiger partial charge in [0.1, 0.15) is 0 Å². The van der Waals surface area contributed by atoms with E-state index in [2.05, 4.69) is 43.1 Å². The van der Waals surface area contributed by atoms with E-state index in [4.69, 9.17) is 13.9 Å². The van der Waals surface area contributed by atoms with Crippen LogP contribution in [-0.4, -0.2) is 24.4 Å². The Morgan fingerprint density at radius 3 is 2.27 bits per heavy atom. The van der Waals surface area contributed by atoms with Crippen molar-refractivity contribution in [2.75, 3.05) is 14.2 Å². The molecule has 3 rings (SSSR count).